The van der Waals surface area contributed by atoms with E-state index in [1.54, 1.807) is 16.8 Å². The first-order valence-electron chi connectivity index (χ1n) is 8.26. The molecule has 1 amide bonds. The average molecular weight is 349 g/mol. The van der Waals surface area contributed by atoms with Gasteiger partial charge in [0, 0.05) is 30.3 Å². The minimum absolute atomic E-state index is 0. The van der Waals surface area contributed by atoms with Crippen LogP contribution in [0.15, 0.2) is 24.3 Å². The number of rotatable bonds is 3. The zero-order valence-electron chi connectivity index (χ0n) is 14.2. The second-order valence-electron chi connectivity index (χ2n) is 6.44. The zero-order valence-corrected chi connectivity index (χ0v) is 15.0. The molecule has 1 aliphatic rings. The van der Waals surface area contributed by atoms with Crippen molar-refractivity contribution < 1.29 is 4.79 Å². The molecule has 0 spiro atoms. The monoisotopic (exact) mass is 348 g/mol. The molecule has 3 N–H and O–H groups in total. The van der Waals surface area contributed by atoms with Crippen molar-refractivity contribution in [2.24, 2.45) is 7.05 Å². The van der Waals surface area contributed by atoms with Crippen LogP contribution in [0.2, 0.25) is 0 Å². The lowest BCUT2D eigenvalue weighted by atomic mass is 9.87. The molecular formula is C18H25ClN4O. The van der Waals surface area contributed by atoms with Crippen LogP contribution in [0.3, 0.4) is 0 Å². The standard InChI is InChI=1S/C18H24N4O.ClH/c1-12-8-9-14(19)10-15(12)18(23)20-17-11-16(21-22(17)2)13-6-4-3-5-7-13;/h8-11,13H,3-7,19H2,1-2H3,(H,20,23);1H. The molecule has 1 heterocycles. The van der Waals surface area contributed by atoms with Crippen LogP contribution in [-0.4, -0.2) is 15.7 Å². The number of nitrogens with zero attached hydrogens (tertiary/aromatic N) is 2. The quantitative estimate of drug-likeness (QED) is 0.822. The van der Waals surface area contributed by atoms with Gasteiger partial charge in [0.15, 0.2) is 0 Å². The number of hydrogen-bond donors (Lipinski definition) is 2. The highest BCUT2D eigenvalue weighted by Crippen LogP contribution is 2.32. The summed E-state index contributed by atoms with van der Waals surface area (Å²) in [6, 6.07) is 7.39. The number of carbonyl (C=O) groups excluding carboxylic acids is 1. The predicted molar refractivity (Wildman–Crippen MR) is 99.8 cm³/mol. The van der Waals surface area contributed by atoms with E-state index in [9.17, 15) is 4.79 Å². The largest absolute Gasteiger partial charge is 0.399 e. The van der Waals surface area contributed by atoms with E-state index >= 15 is 0 Å². The fourth-order valence-electron chi connectivity index (χ4n) is 3.27. The summed E-state index contributed by atoms with van der Waals surface area (Å²) in [4.78, 5) is 12.5. The number of halogens is 1. The van der Waals surface area contributed by atoms with Gasteiger partial charge in [-0.2, -0.15) is 5.10 Å². The van der Waals surface area contributed by atoms with Crippen LogP contribution >= 0.6 is 12.4 Å². The molecular weight excluding hydrogens is 324 g/mol. The molecule has 130 valence electrons. The molecule has 6 heteroatoms. The number of carbonyl (C=O) groups is 1. The Hall–Kier alpha value is -2.01. The number of benzene rings is 1. The van der Waals surface area contributed by atoms with Crippen molar-refractivity contribution in [3.8, 4) is 0 Å². The Balaban J connectivity index is 0.00000208. The SMILES string of the molecule is Cc1ccc(N)cc1C(=O)Nc1cc(C2CCCCC2)nn1C.Cl. The van der Waals surface area contributed by atoms with Gasteiger partial charge in [0.2, 0.25) is 0 Å². The Morgan fingerprint density at radius 3 is 2.67 bits per heavy atom. The summed E-state index contributed by atoms with van der Waals surface area (Å²) in [5.41, 5.74) is 8.98. The predicted octanol–water partition coefficient (Wildman–Crippen LogP) is 4.03. The Morgan fingerprint density at radius 2 is 1.96 bits per heavy atom. The number of anilines is 2. The molecule has 1 saturated carbocycles. The molecule has 0 unspecified atom stereocenters. The van der Waals surface area contributed by atoms with E-state index in [4.69, 9.17) is 5.73 Å². The third-order valence-electron chi connectivity index (χ3n) is 4.67. The van der Waals surface area contributed by atoms with Gasteiger partial charge in [-0.15, -0.1) is 12.4 Å². The highest BCUT2D eigenvalue weighted by atomic mass is 35.5. The van der Waals surface area contributed by atoms with Gasteiger partial charge in [0.1, 0.15) is 5.82 Å². The Bertz CT molecular complexity index is 720. The van der Waals surface area contributed by atoms with Gasteiger partial charge >= 0.3 is 0 Å². The summed E-state index contributed by atoms with van der Waals surface area (Å²) < 4.78 is 1.75. The number of nitrogens with one attached hydrogen (secondary N) is 1. The number of nitrogens with two attached hydrogens (primary N) is 1. The fourth-order valence-corrected chi connectivity index (χ4v) is 3.27. The summed E-state index contributed by atoms with van der Waals surface area (Å²) in [5.74, 6) is 1.11. The van der Waals surface area contributed by atoms with Gasteiger partial charge in [-0.05, 0) is 37.5 Å². The van der Waals surface area contributed by atoms with Crippen LogP contribution in [-0.2, 0) is 7.05 Å². The van der Waals surface area contributed by atoms with Crippen molar-refractivity contribution >= 4 is 29.8 Å². The van der Waals surface area contributed by atoms with Crippen LogP contribution in [0, 0.1) is 6.92 Å². The van der Waals surface area contributed by atoms with Crippen molar-refractivity contribution in [1.29, 1.82) is 0 Å². The topological polar surface area (TPSA) is 72.9 Å². The van der Waals surface area contributed by atoms with Gasteiger partial charge in [-0.25, -0.2) is 0 Å². The Labute approximate surface area is 149 Å². The van der Waals surface area contributed by atoms with Gasteiger partial charge in [-0.1, -0.05) is 25.3 Å². The van der Waals surface area contributed by atoms with Crippen LogP contribution < -0.4 is 11.1 Å². The molecule has 0 atom stereocenters. The van der Waals surface area contributed by atoms with Crippen molar-refractivity contribution in [1.82, 2.24) is 9.78 Å². The molecule has 5 nitrogen and oxygen atoms in total. The summed E-state index contributed by atoms with van der Waals surface area (Å²) in [5, 5.41) is 7.56. The highest BCUT2D eigenvalue weighted by molar-refractivity contribution is 6.05. The van der Waals surface area contributed by atoms with E-state index in [2.05, 4.69) is 10.4 Å². The third-order valence-corrected chi connectivity index (χ3v) is 4.67. The van der Waals surface area contributed by atoms with Crippen molar-refractivity contribution in [3.05, 3.63) is 41.1 Å². The number of aryl methyl sites for hydroxylation is 2. The first-order chi connectivity index (χ1) is 11.0. The lowest BCUT2D eigenvalue weighted by Crippen LogP contribution is -2.16. The summed E-state index contributed by atoms with van der Waals surface area (Å²) >= 11 is 0. The number of hydrogen-bond acceptors (Lipinski definition) is 3. The normalized spacial score (nSPS) is 14.9. The number of nitrogen functional groups attached to an aromatic ring is 1. The number of aromatic nitrogens is 2. The van der Waals surface area contributed by atoms with Crippen molar-refractivity contribution in [3.63, 3.8) is 0 Å². The van der Waals surface area contributed by atoms with Gasteiger partial charge < -0.3 is 11.1 Å². The van der Waals surface area contributed by atoms with Gasteiger partial charge in [-0.3, -0.25) is 9.48 Å². The molecule has 0 saturated heterocycles. The van der Waals surface area contributed by atoms with Crippen LogP contribution in [0.5, 0.6) is 0 Å². The van der Waals surface area contributed by atoms with Gasteiger partial charge in [0.05, 0.1) is 5.69 Å². The van der Waals surface area contributed by atoms with E-state index in [1.165, 1.54) is 32.1 Å². The van der Waals surface area contributed by atoms with E-state index in [0.29, 0.717) is 17.2 Å². The Kier molecular flexibility index (Phi) is 5.89. The second kappa shape index (κ2) is 7.71. The molecule has 0 radical (unpaired) electrons. The van der Waals surface area contributed by atoms with Crippen LogP contribution in [0.1, 0.15) is 59.6 Å². The van der Waals surface area contributed by atoms with Crippen molar-refractivity contribution in [2.75, 3.05) is 11.1 Å². The van der Waals surface area contributed by atoms with E-state index in [-0.39, 0.29) is 18.3 Å². The average Bonchev–Trinajstić information content (AvgIpc) is 2.91. The maximum atomic E-state index is 12.5. The first kappa shape index (κ1) is 18.3. The maximum absolute atomic E-state index is 12.5. The number of amides is 1. The van der Waals surface area contributed by atoms with Crippen molar-refractivity contribution in [2.45, 2.75) is 44.9 Å². The smallest absolute Gasteiger partial charge is 0.257 e. The summed E-state index contributed by atoms with van der Waals surface area (Å²) in [6.07, 6.45) is 6.25. The summed E-state index contributed by atoms with van der Waals surface area (Å²) in [6.45, 7) is 1.91. The second-order valence-corrected chi connectivity index (χ2v) is 6.44. The highest BCUT2D eigenvalue weighted by Gasteiger charge is 2.20. The van der Waals surface area contributed by atoms with Crippen LogP contribution in [0.4, 0.5) is 11.5 Å². The van der Waals surface area contributed by atoms with Gasteiger partial charge in [0.25, 0.3) is 5.91 Å². The molecule has 0 aliphatic heterocycles. The minimum atomic E-state index is -0.145. The third kappa shape index (κ3) is 3.90. The van der Waals surface area contributed by atoms with Crippen LogP contribution in [0.25, 0.3) is 0 Å². The molecule has 1 aromatic carbocycles. The maximum Gasteiger partial charge on any atom is 0.257 e. The van der Waals surface area contributed by atoms with E-state index in [0.717, 1.165) is 17.1 Å². The molecule has 1 aromatic heterocycles. The summed E-state index contributed by atoms with van der Waals surface area (Å²) in [7, 11) is 1.87. The Morgan fingerprint density at radius 1 is 1.25 bits per heavy atom. The molecule has 24 heavy (non-hydrogen) atoms. The molecule has 0 bridgehead atoms. The lowest BCUT2D eigenvalue weighted by Gasteiger charge is -2.19. The first-order valence-corrected chi connectivity index (χ1v) is 8.26. The van der Waals surface area contributed by atoms with E-state index < -0.39 is 0 Å². The molecule has 3 rings (SSSR count). The van der Waals surface area contributed by atoms with E-state index in [1.807, 2.05) is 26.1 Å². The molecule has 1 fully saturated rings. The molecule has 2 aromatic rings. The minimum Gasteiger partial charge on any atom is -0.399 e. The zero-order chi connectivity index (χ0) is 16.4. The molecule has 1 aliphatic carbocycles. The fraction of sp³-hybridized carbons (Fsp3) is 0.444. The lowest BCUT2D eigenvalue weighted by molar-refractivity contribution is 0.102.